The topological polar surface area (TPSA) is 88.6 Å². The van der Waals surface area contributed by atoms with Crippen LogP contribution < -0.4 is 0 Å². The summed E-state index contributed by atoms with van der Waals surface area (Å²) in [6.07, 6.45) is 0.424. The van der Waals surface area contributed by atoms with Gasteiger partial charge < -0.3 is 5.21 Å². The molecule has 3 rings (SSSR count). The first-order chi connectivity index (χ1) is 13.1. The summed E-state index contributed by atoms with van der Waals surface area (Å²) in [5.74, 6) is -0.462. The Morgan fingerprint density at radius 3 is 2.56 bits per heavy atom. The Hall–Kier alpha value is -2.87. The summed E-state index contributed by atoms with van der Waals surface area (Å²) in [6.45, 7) is 0. The second-order valence-corrected chi connectivity index (χ2v) is 6.76. The normalized spacial score (nSPS) is 11.6. The summed E-state index contributed by atoms with van der Waals surface area (Å²) in [6, 6.07) is 13.8. The van der Waals surface area contributed by atoms with Crippen molar-refractivity contribution in [2.45, 2.75) is 19.3 Å². The van der Waals surface area contributed by atoms with Crippen molar-refractivity contribution < 1.29 is 19.0 Å². The lowest BCUT2D eigenvalue weighted by molar-refractivity contribution is -0.117. The number of hydrogen-bond acceptors (Lipinski definition) is 6. The van der Waals surface area contributed by atoms with E-state index in [0.29, 0.717) is 15.7 Å². The van der Waals surface area contributed by atoms with E-state index in [1.165, 1.54) is 6.07 Å². The molecule has 0 saturated heterocycles. The average molecular weight is 432 g/mol. The van der Waals surface area contributed by atoms with Crippen molar-refractivity contribution in [1.82, 2.24) is 10.3 Å². The van der Waals surface area contributed by atoms with Crippen LogP contribution in [-0.4, -0.2) is 27.0 Å². The monoisotopic (exact) mass is 431 g/mol. The minimum absolute atomic E-state index is 0.000139. The molecule has 0 amide bonds. The standard InChI is InChI=1S/C19H15BrFN3O3/c20-15-9-13(6-7-16(15)21)10-17(22-26)19-18(23-27-24-19)11-14(25)8-12-4-2-1-3-5-12/h1-7,9,26H,8,10-11H2. The fourth-order valence-electron chi connectivity index (χ4n) is 2.62. The Bertz CT molecular complexity index is 973. The lowest BCUT2D eigenvalue weighted by Gasteiger charge is -2.05. The molecule has 0 spiro atoms. The van der Waals surface area contributed by atoms with Crippen molar-refractivity contribution in [1.29, 1.82) is 0 Å². The van der Waals surface area contributed by atoms with Gasteiger partial charge in [-0.2, -0.15) is 0 Å². The zero-order chi connectivity index (χ0) is 19.2. The molecule has 3 aromatic rings. The van der Waals surface area contributed by atoms with Crippen molar-refractivity contribution in [2.24, 2.45) is 5.16 Å². The van der Waals surface area contributed by atoms with Crippen LogP contribution in [0.3, 0.4) is 0 Å². The minimum atomic E-state index is -0.392. The van der Waals surface area contributed by atoms with Crippen LogP contribution in [0.4, 0.5) is 4.39 Å². The van der Waals surface area contributed by atoms with Crippen molar-refractivity contribution in [2.75, 3.05) is 0 Å². The molecule has 0 aliphatic rings. The van der Waals surface area contributed by atoms with Gasteiger partial charge in [0, 0.05) is 12.8 Å². The fraction of sp³-hybridized carbons (Fsp3) is 0.158. The van der Waals surface area contributed by atoms with Gasteiger partial charge in [-0.25, -0.2) is 9.02 Å². The van der Waals surface area contributed by atoms with Gasteiger partial charge in [-0.1, -0.05) is 46.7 Å². The number of carbonyl (C=O) groups excluding carboxylic acids is 1. The molecule has 0 saturated carbocycles. The SMILES string of the molecule is O=C(Cc1ccccc1)Cc1nonc1C(Cc1ccc(F)c(Br)c1)=NO. The third-order valence-electron chi connectivity index (χ3n) is 3.91. The van der Waals surface area contributed by atoms with Gasteiger partial charge in [-0.05, 0) is 44.3 Å². The highest BCUT2D eigenvalue weighted by molar-refractivity contribution is 9.10. The number of Topliss-reactive ketones (excluding diaryl/α,β-unsaturated/α-hetero) is 1. The lowest BCUT2D eigenvalue weighted by atomic mass is 10.0. The van der Waals surface area contributed by atoms with Crippen LogP contribution in [0.5, 0.6) is 0 Å². The quantitative estimate of drug-likeness (QED) is 0.349. The Kier molecular flexibility index (Phi) is 6.08. The molecule has 138 valence electrons. The highest BCUT2D eigenvalue weighted by atomic mass is 79.9. The summed E-state index contributed by atoms with van der Waals surface area (Å²) < 4.78 is 18.4. The van der Waals surface area contributed by atoms with Crippen LogP contribution in [0.1, 0.15) is 22.5 Å². The van der Waals surface area contributed by atoms with Gasteiger partial charge in [0.05, 0.1) is 10.9 Å². The number of rotatable bonds is 7. The zero-order valence-electron chi connectivity index (χ0n) is 14.1. The van der Waals surface area contributed by atoms with E-state index >= 15 is 0 Å². The predicted octanol–water partition coefficient (Wildman–Crippen LogP) is 3.75. The van der Waals surface area contributed by atoms with E-state index in [4.69, 9.17) is 4.63 Å². The lowest BCUT2D eigenvalue weighted by Crippen LogP contribution is -2.13. The Labute approximate surface area is 162 Å². The molecule has 0 aliphatic heterocycles. The smallest absolute Gasteiger partial charge is 0.156 e. The molecule has 1 N–H and O–H groups in total. The van der Waals surface area contributed by atoms with Crippen LogP contribution in [0.25, 0.3) is 0 Å². The van der Waals surface area contributed by atoms with Gasteiger partial charge in [0.2, 0.25) is 0 Å². The van der Waals surface area contributed by atoms with E-state index in [-0.39, 0.29) is 36.5 Å². The molecule has 0 bridgehead atoms. The molecule has 0 radical (unpaired) electrons. The number of hydrogen-bond donors (Lipinski definition) is 1. The van der Waals surface area contributed by atoms with Crippen molar-refractivity contribution in [3.63, 3.8) is 0 Å². The fourth-order valence-corrected chi connectivity index (χ4v) is 3.05. The average Bonchev–Trinajstić information content (AvgIpc) is 3.11. The third kappa shape index (κ3) is 4.85. The highest BCUT2D eigenvalue weighted by Gasteiger charge is 2.20. The predicted molar refractivity (Wildman–Crippen MR) is 99.3 cm³/mol. The van der Waals surface area contributed by atoms with Crippen molar-refractivity contribution >= 4 is 27.4 Å². The summed E-state index contributed by atoms with van der Waals surface area (Å²) in [5.41, 5.74) is 2.27. The maximum Gasteiger partial charge on any atom is 0.156 e. The molecular weight excluding hydrogens is 417 g/mol. The molecule has 1 heterocycles. The number of oxime groups is 1. The van der Waals surface area contributed by atoms with E-state index in [0.717, 1.165) is 5.56 Å². The van der Waals surface area contributed by atoms with Gasteiger partial charge >= 0.3 is 0 Å². The van der Waals surface area contributed by atoms with Gasteiger partial charge in [-0.15, -0.1) is 0 Å². The number of carbonyl (C=O) groups is 1. The Balaban J connectivity index is 1.74. The minimum Gasteiger partial charge on any atom is -0.411 e. The molecule has 6 nitrogen and oxygen atoms in total. The molecule has 0 fully saturated rings. The Morgan fingerprint density at radius 2 is 1.85 bits per heavy atom. The number of nitrogens with zero attached hydrogens (tertiary/aromatic N) is 3. The molecule has 8 heteroatoms. The van der Waals surface area contributed by atoms with Crippen LogP contribution in [0.2, 0.25) is 0 Å². The van der Waals surface area contributed by atoms with E-state index in [1.807, 2.05) is 30.3 Å². The van der Waals surface area contributed by atoms with E-state index < -0.39 is 5.82 Å². The van der Waals surface area contributed by atoms with E-state index in [1.54, 1.807) is 12.1 Å². The van der Waals surface area contributed by atoms with Crippen molar-refractivity contribution in [3.05, 3.63) is 81.3 Å². The summed E-state index contributed by atoms with van der Waals surface area (Å²) >= 11 is 3.12. The maximum atomic E-state index is 13.4. The first-order valence-corrected chi connectivity index (χ1v) is 8.88. The number of benzene rings is 2. The van der Waals surface area contributed by atoms with E-state index in [9.17, 15) is 14.4 Å². The van der Waals surface area contributed by atoms with Gasteiger partial charge in [0.1, 0.15) is 23.0 Å². The number of aromatic nitrogens is 2. The van der Waals surface area contributed by atoms with Gasteiger partial charge in [-0.3, -0.25) is 4.79 Å². The molecule has 27 heavy (non-hydrogen) atoms. The van der Waals surface area contributed by atoms with Crippen LogP contribution >= 0.6 is 15.9 Å². The summed E-state index contributed by atoms with van der Waals surface area (Å²) in [5, 5.41) is 20.2. The first kappa shape index (κ1) is 18.9. The number of ketones is 1. The summed E-state index contributed by atoms with van der Waals surface area (Å²) in [7, 11) is 0. The maximum absolute atomic E-state index is 13.4. The largest absolute Gasteiger partial charge is 0.411 e. The van der Waals surface area contributed by atoms with Crippen LogP contribution in [0.15, 0.2) is 62.8 Å². The van der Waals surface area contributed by atoms with E-state index in [2.05, 4.69) is 31.4 Å². The molecule has 1 aromatic heterocycles. The molecule has 0 atom stereocenters. The Morgan fingerprint density at radius 1 is 1.07 bits per heavy atom. The first-order valence-electron chi connectivity index (χ1n) is 8.09. The van der Waals surface area contributed by atoms with Gasteiger partial charge in [0.15, 0.2) is 5.69 Å². The van der Waals surface area contributed by atoms with Crippen LogP contribution in [-0.2, 0) is 24.1 Å². The summed E-state index contributed by atoms with van der Waals surface area (Å²) in [4.78, 5) is 12.3. The van der Waals surface area contributed by atoms with Gasteiger partial charge in [0.25, 0.3) is 0 Å². The second kappa shape index (κ2) is 8.68. The molecule has 0 unspecified atom stereocenters. The molecular formula is C19H15BrFN3O3. The van der Waals surface area contributed by atoms with Crippen molar-refractivity contribution in [3.8, 4) is 0 Å². The van der Waals surface area contributed by atoms with Crippen LogP contribution in [0, 0.1) is 5.82 Å². The molecule has 0 aliphatic carbocycles. The number of halogens is 2. The zero-order valence-corrected chi connectivity index (χ0v) is 15.7. The third-order valence-corrected chi connectivity index (χ3v) is 4.52. The highest BCUT2D eigenvalue weighted by Crippen LogP contribution is 2.19. The second-order valence-electron chi connectivity index (χ2n) is 5.91. The molecule has 2 aromatic carbocycles.